The Kier molecular flexibility index (Phi) is 5.95. The van der Waals surface area contributed by atoms with E-state index in [1.165, 1.54) is 0 Å². The standard InChI is InChI=1S/C14H20ClNO3.ClH/c1-9(2)16-7-14(17)8-18-13-6-11(15)4-5-12(13)19-10(14)3;/h4-6,9-10,16-17H,7-8H2,1-3H3;1H. The number of hydrogen-bond donors (Lipinski definition) is 2. The molecule has 1 aromatic carbocycles. The molecule has 6 heteroatoms. The average Bonchev–Trinajstić information content (AvgIpc) is 2.47. The lowest BCUT2D eigenvalue weighted by Crippen LogP contribution is -2.55. The van der Waals surface area contributed by atoms with Crippen molar-refractivity contribution in [3.63, 3.8) is 0 Å². The van der Waals surface area contributed by atoms with Gasteiger partial charge >= 0.3 is 0 Å². The lowest BCUT2D eigenvalue weighted by atomic mass is 9.98. The predicted octanol–water partition coefficient (Wildman–Crippen LogP) is 2.65. The molecule has 114 valence electrons. The van der Waals surface area contributed by atoms with Gasteiger partial charge in [0.1, 0.15) is 18.3 Å². The normalized spacial score (nSPS) is 25.0. The van der Waals surface area contributed by atoms with Crippen LogP contribution in [0.15, 0.2) is 18.2 Å². The molecule has 2 unspecified atom stereocenters. The maximum atomic E-state index is 10.7. The van der Waals surface area contributed by atoms with Crippen molar-refractivity contribution in [2.45, 2.75) is 38.5 Å². The van der Waals surface area contributed by atoms with Crippen LogP contribution in [-0.2, 0) is 0 Å². The highest BCUT2D eigenvalue weighted by atomic mass is 35.5. The molecule has 2 rings (SSSR count). The molecule has 1 aliphatic heterocycles. The Labute approximate surface area is 130 Å². The van der Waals surface area contributed by atoms with Gasteiger partial charge in [-0.1, -0.05) is 25.4 Å². The summed E-state index contributed by atoms with van der Waals surface area (Å²) in [6.45, 7) is 6.48. The van der Waals surface area contributed by atoms with E-state index in [2.05, 4.69) is 5.32 Å². The van der Waals surface area contributed by atoms with Crippen molar-refractivity contribution < 1.29 is 14.6 Å². The summed E-state index contributed by atoms with van der Waals surface area (Å²) in [6, 6.07) is 5.49. The van der Waals surface area contributed by atoms with Crippen LogP contribution in [0.4, 0.5) is 0 Å². The number of aliphatic hydroxyl groups is 1. The van der Waals surface area contributed by atoms with E-state index >= 15 is 0 Å². The van der Waals surface area contributed by atoms with E-state index in [4.69, 9.17) is 21.1 Å². The Morgan fingerprint density at radius 2 is 2.15 bits per heavy atom. The molecule has 0 saturated heterocycles. The van der Waals surface area contributed by atoms with Crippen molar-refractivity contribution in [3.05, 3.63) is 23.2 Å². The molecule has 0 fully saturated rings. The first-order valence-corrected chi connectivity index (χ1v) is 6.83. The minimum absolute atomic E-state index is 0. The molecule has 2 N–H and O–H groups in total. The second-order valence-electron chi connectivity index (χ2n) is 5.28. The van der Waals surface area contributed by atoms with Crippen LogP contribution in [0, 0.1) is 0 Å². The summed E-state index contributed by atoms with van der Waals surface area (Å²) < 4.78 is 11.4. The smallest absolute Gasteiger partial charge is 0.162 e. The Balaban J connectivity index is 0.00000200. The van der Waals surface area contributed by atoms with Crippen LogP contribution < -0.4 is 14.8 Å². The summed E-state index contributed by atoms with van der Waals surface area (Å²) in [7, 11) is 0. The van der Waals surface area contributed by atoms with Crippen molar-refractivity contribution in [2.24, 2.45) is 0 Å². The SMILES string of the molecule is CC(C)NCC1(O)COc2cc(Cl)ccc2OC1C.Cl. The fraction of sp³-hybridized carbons (Fsp3) is 0.571. The lowest BCUT2D eigenvalue weighted by Gasteiger charge is -2.32. The molecule has 2 atom stereocenters. The van der Waals surface area contributed by atoms with Crippen LogP contribution in [0.25, 0.3) is 0 Å². The number of fused-ring (bicyclic) bond motifs is 1. The Morgan fingerprint density at radius 1 is 1.45 bits per heavy atom. The van der Waals surface area contributed by atoms with E-state index in [0.29, 0.717) is 23.1 Å². The monoisotopic (exact) mass is 321 g/mol. The van der Waals surface area contributed by atoms with Crippen LogP contribution in [-0.4, -0.2) is 36.0 Å². The minimum Gasteiger partial charge on any atom is -0.486 e. The highest BCUT2D eigenvalue weighted by Gasteiger charge is 2.39. The van der Waals surface area contributed by atoms with E-state index in [0.717, 1.165) is 0 Å². The largest absolute Gasteiger partial charge is 0.486 e. The number of benzene rings is 1. The highest BCUT2D eigenvalue weighted by molar-refractivity contribution is 6.30. The van der Waals surface area contributed by atoms with Gasteiger partial charge in [-0.25, -0.2) is 0 Å². The second kappa shape index (κ2) is 6.85. The quantitative estimate of drug-likeness (QED) is 0.898. The van der Waals surface area contributed by atoms with Gasteiger partial charge in [0.25, 0.3) is 0 Å². The van der Waals surface area contributed by atoms with Gasteiger partial charge in [-0.3, -0.25) is 0 Å². The zero-order valence-electron chi connectivity index (χ0n) is 11.9. The molecular weight excluding hydrogens is 301 g/mol. The predicted molar refractivity (Wildman–Crippen MR) is 82.4 cm³/mol. The van der Waals surface area contributed by atoms with Gasteiger partial charge in [-0.2, -0.15) is 0 Å². The maximum absolute atomic E-state index is 10.7. The third kappa shape index (κ3) is 3.92. The van der Waals surface area contributed by atoms with E-state index in [9.17, 15) is 5.11 Å². The van der Waals surface area contributed by atoms with Crippen LogP contribution in [0.1, 0.15) is 20.8 Å². The van der Waals surface area contributed by atoms with Gasteiger partial charge in [0.15, 0.2) is 11.5 Å². The Hall–Kier alpha value is -0.680. The first-order valence-electron chi connectivity index (χ1n) is 6.45. The third-order valence-corrected chi connectivity index (χ3v) is 3.50. The summed E-state index contributed by atoms with van der Waals surface area (Å²) in [4.78, 5) is 0. The zero-order valence-corrected chi connectivity index (χ0v) is 13.4. The van der Waals surface area contributed by atoms with Gasteiger partial charge in [0.05, 0.1) is 0 Å². The van der Waals surface area contributed by atoms with E-state index in [1.54, 1.807) is 18.2 Å². The van der Waals surface area contributed by atoms with Gasteiger partial charge in [-0.15, -0.1) is 12.4 Å². The first kappa shape index (κ1) is 17.4. The third-order valence-electron chi connectivity index (χ3n) is 3.26. The number of ether oxygens (including phenoxy) is 2. The summed E-state index contributed by atoms with van der Waals surface area (Å²) in [6.07, 6.45) is -0.374. The van der Waals surface area contributed by atoms with Crippen LogP contribution >= 0.6 is 24.0 Å². The lowest BCUT2D eigenvalue weighted by molar-refractivity contribution is -0.0681. The number of hydrogen-bond acceptors (Lipinski definition) is 4. The molecule has 0 aliphatic carbocycles. The summed E-state index contributed by atoms with van der Waals surface area (Å²) >= 11 is 5.93. The summed E-state index contributed by atoms with van der Waals surface area (Å²) in [5, 5.41) is 14.5. The minimum atomic E-state index is -1.07. The van der Waals surface area contributed by atoms with E-state index in [1.807, 2.05) is 20.8 Å². The van der Waals surface area contributed by atoms with Gasteiger partial charge < -0.3 is 19.9 Å². The molecule has 0 spiro atoms. The number of rotatable bonds is 3. The van der Waals surface area contributed by atoms with Crippen LogP contribution in [0.2, 0.25) is 5.02 Å². The molecule has 20 heavy (non-hydrogen) atoms. The van der Waals surface area contributed by atoms with E-state index < -0.39 is 5.60 Å². The fourth-order valence-corrected chi connectivity index (χ4v) is 2.05. The molecule has 1 aromatic rings. The zero-order chi connectivity index (χ0) is 14.0. The molecule has 4 nitrogen and oxygen atoms in total. The van der Waals surface area contributed by atoms with Gasteiger partial charge in [0.2, 0.25) is 0 Å². The van der Waals surface area contributed by atoms with Crippen molar-refractivity contribution >= 4 is 24.0 Å². The van der Waals surface area contributed by atoms with Crippen molar-refractivity contribution in [2.75, 3.05) is 13.2 Å². The van der Waals surface area contributed by atoms with Crippen molar-refractivity contribution in [3.8, 4) is 11.5 Å². The van der Waals surface area contributed by atoms with Crippen molar-refractivity contribution in [1.82, 2.24) is 5.32 Å². The van der Waals surface area contributed by atoms with Crippen molar-refractivity contribution in [1.29, 1.82) is 0 Å². The van der Waals surface area contributed by atoms with Crippen LogP contribution in [0.5, 0.6) is 11.5 Å². The molecule has 1 aliphatic rings. The van der Waals surface area contributed by atoms with E-state index in [-0.39, 0.29) is 31.2 Å². The fourth-order valence-electron chi connectivity index (χ4n) is 1.89. The maximum Gasteiger partial charge on any atom is 0.162 e. The summed E-state index contributed by atoms with van der Waals surface area (Å²) in [5.41, 5.74) is -1.07. The topological polar surface area (TPSA) is 50.7 Å². The Bertz CT molecular complexity index is 456. The average molecular weight is 322 g/mol. The Morgan fingerprint density at radius 3 is 2.80 bits per heavy atom. The molecular formula is C14H21Cl2NO3. The van der Waals surface area contributed by atoms with Gasteiger partial charge in [-0.05, 0) is 19.1 Å². The summed E-state index contributed by atoms with van der Waals surface area (Å²) in [5.74, 6) is 1.18. The molecule has 0 aromatic heterocycles. The number of halogens is 2. The highest BCUT2D eigenvalue weighted by Crippen LogP contribution is 2.35. The van der Waals surface area contributed by atoms with Crippen LogP contribution in [0.3, 0.4) is 0 Å². The molecule has 1 heterocycles. The second-order valence-corrected chi connectivity index (χ2v) is 5.72. The van der Waals surface area contributed by atoms with Gasteiger partial charge in [0, 0.05) is 23.7 Å². The number of nitrogens with one attached hydrogen (secondary N) is 1. The molecule has 0 bridgehead atoms. The molecule has 0 saturated carbocycles. The molecule has 0 radical (unpaired) electrons. The molecule has 0 amide bonds. The first-order chi connectivity index (χ1) is 8.90.